The standard InChI is InChI=1S/C11H15Cl.C10H14.C10H22.C9H18.C9H12.C8H11N.C8H14O2.C8H16.C7H14.C7H16.C7H14.C6H12.2C4H10/c1-9(2)3-4-10-5-7-11(12)8-6-10;1-9(2)8-10-6-4-3-5-7-10;1-5-7-10(8-6-2)9(3)4;2*1-8(2)9-6-4-3-5-7-9;1-7(2)8-4-3-5-9-6-8;1-6(2)8(10)5-4-7(3)9;1-7(2)8-5-3-4-6-8;1-6(2)7-4-3-5-7;2*1-4-5-6-7(2)3;1-5(2)6-3-4-6;2*1-4(2)3/h5-9H,3-4H2,1-2H3;3-7,9H,8H2,1-2H3;9-10H,5-8H2,1-4H3;8-9H,3-7H2,1-2H3;3-8H,1-2H3;3-7H,1-2H3;6H,4-5H2,1-3H3;7-8H,3-6H2,1-2H3;6-7H,3-5H2,1-2H3;7H,4-6H2,1-3H3;4,7H,1,5-6H2,2-3H3;5-6H,3-4H2,1-2H3;2*4H,1-3H3. The Morgan fingerprint density at radius 3 is 1.04 bits per heavy atom. The van der Waals surface area contributed by atoms with Gasteiger partial charge in [0.15, 0.2) is 0 Å². The minimum absolute atomic E-state index is 0.0688. The predicted octanol–water partition coefficient (Wildman–Crippen LogP) is 36.6. The van der Waals surface area contributed by atoms with Gasteiger partial charge in [-0.25, -0.2) is 0 Å². The largest absolute Gasteiger partial charge is 0.300 e. The molecule has 0 amide bonds. The molecule has 4 aliphatic carbocycles. The van der Waals surface area contributed by atoms with Crippen molar-refractivity contribution in [3.05, 3.63) is 149 Å². The second-order valence-corrected chi connectivity index (χ2v) is 39.2. The third-order valence-corrected chi connectivity index (χ3v) is 20.8. The van der Waals surface area contributed by atoms with Crippen LogP contribution in [0.15, 0.2) is 122 Å². The van der Waals surface area contributed by atoms with Crippen LogP contribution in [0.3, 0.4) is 0 Å². The third kappa shape index (κ3) is 90.1. The monoisotopic (exact) mass is 1580 g/mol. The Hall–Kier alpha value is -3.82. The first-order valence-corrected chi connectivity index (χ1v) is 47.3. The molecular formula is C108H198ClNO2. The Labute approximate surface area is 710 Å². The molecule has 0 saturated heterocycles. The number of aromatic nitrogens is 1. The van der Waals surface area contributed by atoms with Crippen molar-refractivity contribution >= 4 is 23.2 Å². The number of allylic oxidation sites excluding steroid dienone is 1. The van der Waals surface area contributed by atoms with Gasteiger partial charge in [0.05, 0.1) is 0 Å². The molecule has 0 N–H and O–H groups in total. The lowest BCUT2D eigenvalue weighted by Gasteiger charge is -2.28. The number of nitrogens with zero attached hydrogens (tertiary/aromatic N) is 1. The zero-order chi connectivity index (χ0) is 87.0. The molecule has 654 valence electrons. The highest BCUT2D eigenvalue weighted by molar-refractivity contribution is 6.30. The molecule has 0 radical (unpaired) electrons. The highest BCUT2D eigenvalue weighted by atomic mass is 35.5. The number of halogens is 1. The number of aryl methyl sites for hydroxylation is 1. The van der Waals surface area contributed by atoms with Gasteiger partial charge in [-0.3, -0.25) is 9.78 Å². The van der Waals surface area contributed by atoms with Gasteiger partial charge >= 0.3 is 0 Å². The summed E-state index contributed by atoms with van der Waals surface area (Å²) in [4.78, 5) is 25.3. The van der Waals surface area contributed by atoms with Gasteiger partial charge in [0.2, 0.25) is 0 Å². The van der Waals surface area contributed by atoms with Crippen LogP contribution < -0.4 is 0 Å². The van der Waals surface area contributed by atoms with Crippen molar-refractivity contribution in [3.8, 4) is 0 Å². The van der Waals surface area contributed by atoms with E-state index in [4.69, 9.17) is 11.6 Å². The van der Waals surface area contributed by atoms with Crippen molar-refractivity contribution < 1.29 is 9.59 Å². The Morgan fingerprint density at radius 1 is 0.420 bits per heavy atom. The van der Waals surface area contributed by atoms with Crippen LogP contribution in [0.25, 0.3) is 0 Å². The topological polar surface area (TPSA) is 47.0 Å². The van der Waals surface area contributed by atoms with E-state index < -0.39 is 0 Å². The van der Waals surface area contributed by atoms with E-state index >= 15 is 0 Å². The fraction of sp³-hybridized carbons (Fsp3) is 0.750. The number of unbranched alkanes of at least 4 members (excludes halogenated alkanes) is 1. The molecule has 4 aliphatic rings. The molecule has 0 spiro atoms. The van der Waals surface area contributed by atoms with Gasteiger partial charge in [0.25, 0.3) is 0 Å². The number of benzene rings is 3. The molecule has 0 unspecified atom stereocenters. The van der Waals surface area contributed by atoms with E-state index in [1.807, 2.05) is 50.4 Å². The summed E-state index contributed by atoms with van der Waals surface area (Å²) in [5.74, 6) is 16.5. The van der Waals surface area contributed by atoms with Crippen molar-refractivity contribution in [1.29, 1.82) is 0 Å². The molecule has 3 aromatic carbocycles. The van der Waals surface area contributed by atoms with E-state index in [1.165, 1.54) is 183 Å². The van der Waals surface area contributed by atoms with Crippen LogP contribution in [0.5, 0.6) is 0 Å². The lowest BCUT2D eigenvalue weighted by molar-refractivity contribution is -0.125. The Kier molecular flexibility index (Phi) is 86.0. The van der Waals surface area contributed by atoms with Gasteiger partial charge in [-0.15, -0.1) is 6.58 Å². The van der Waals surface area contributed by atoms with Crippen LogP contribution in [0, 0.1) is 101 Å². The molecule has 0 atom stereocenters. The molecule has 1 aromatic heterocycles. The van der Waals surface area contributed by atoms with Crippen molar-refractivity contribution in [2.45, 2.75) is 427 Å². The van der Waals surface area contributed by atoms with E-state index in [9.17, 15) is 9.59 Å². The molecule has 112 heavy (non-hydrogen) atoms. The Morgan fingerprint density at radius 2 is 0.804 bits per heavy atom. The number of Topliss-reactive ketones (excluding diaryl/α,β-unsaturated/α-hetero) is 2. The lowest BCUT2D eigenvalue weighted by Crippen LogP contribution is -2.16. The zero-order valence-electron chi connectivity index (χ0n) is 81.6. The van der Waals surface area contributed by atoms with Crippen molar-refractivity contribution in [1.82, 2.24) is 4.98 Å². The van der Waals surface area contributed by atoms with Crippen molar-refractivity contribution in [2.75, 3.05) is 0 Å². The Bertz CT molecular complexity index is 2450. The van der Waals surface area contributed by atoms with Crippen molar-refractivity contribution in [2.24, 2.45) is 101 Å². The van der Waals surface area contributed by atoms with E-state index in [-0.39, 0.29) is 17.5 Å². The summed E-state index contributed by atoms with van der Waals surface area (Å²) in [5.41, 5.74) is 5.54. The molecule has 1 heterocycles. The fourth-order valence-corrected chi connectivity index (χ4v) is 12.4. The summed E-state index contributed by atoms with van der Waals surface area (Å²) in [5, 5.41) is 0.822. The first-order valence-electron chi connectivity index (χ1n) is 46.9. The Balaban J connectivity index is -0.000000272. The van der Waals surface area contributed by atoms with Crippen LogP contribution in [0.2, 0.25) is 5.02 Å². The number of rotatable bonds is 26. The van der Waals surface area contributed by atoms with Crippen LogP contribution in [-0.4, -0.2) is 16.6 Å². The predicted molar refractivity (Wildman–Crippen MR) is 514 cm³/mol. The average molecular weight is 1580 g/mol. The maximum atomic E-state index is 10.9. The summed E-state index contributed by atoms with van der Waals surface area (Å²) in [6.45, 7) is 78.7. The average Bonchev–Trinajstić information content (AvgIpc) is 1.64. The van der Waals surface area contributed by atoms with Gasteiger partial charge in [0, 0.05) is 36.2 Å². The maximum absolute atomic E-state index is 10.9. The summed E-state index contributed by atoms with van der Waals surface area (Å²) in [7, 11) is 0. The molecule has 8 rings (SSSR count). The smallest absolute Gasteiger partial charge is 0.135 e. The second-order valence-electron chi connectivity index (χ2n) is 38.8. The first-order chi connectivity index (χ1) is 52.6. The van der Waals surface area contributed by atoms with Crippen LogP contribution >= 0.6 is 11.6 Å². The lowest BCUT2D eigenvalue weighted by atomic mass is 9.78. The van der Waals surface area contributed by atoms with Crippen molar-refractivity contribution in [3.63, 3.8) is 0 Å². The number of ketones is 2. The summed E-state index contributed by atoms with van der Waals surface area (Å²) in [6, 6.07) is 33.3. The molecular weight excluding hydrogens is 1380 g/mol. The summed E-state index contributed by atoms with van der Waals surface area (Å²) >= 11 is 5.77. The number of hydrogen-bond acceptors (Lipinski definition) is 3. The third-order valence-electron chi connectivity index (χ3n) is 20.5. The molecule has 0 aliphatic heterocycles. The number of pyridine rings is 1. The summed E-state index contributed by atoms with van der Waals surface area (Å²) in [6.07, 6.45) is 43.1. The van der Waals surface area contributed by atoms with Gasteiger partial charge < -0.3 is 4.79 Å². The molecule has 4 fully saturated rings. The minimum atomic E-state index is 0.0688. The van der Waals surface area contributed by atoms with Gasteiger partial charge in [-0.1, -0.05) is 447 Å². The molecule has 3 nitrogen and oxygen atoms in total. The number of carbonyl (C=O) groups excluding carboxylic acids is 2. The quantitative estimate of drug-likeness (QED) is 0.0589. The molecule has 4 heteroatoms. The normalized spacial score (nSPS) is 13.6. The maximum Gasteiger partial charge on any atom is 0.135 e. The molecule has 4 saturated carbocycles. The SMILES string of the molecule is C=CCCC(C)C.CC(=O)CCC(=O)C(C)C.CC(C)C.CC(C)C.CC(C)C1CC1.CC(C)C1CCC1.CC(C)C1CCCC1.CC(C)C1CCCCC1.CC(C)CCc1ccc(Cl)cc1.CC(C)Cc1ccccc1.CC(C)c1ccccc1.CC(C)c1cccnc1.CCCC(CCC)C(C)C.CCCCC(C)C. The van der Waals surface area contributed by atoms with E-state index in [0.717, 1.165) is 113 Å². The van der Waals surface area contributed by atoms with Gasteiger partial charge in [0.1, 0.15) is 11.6 Å². The highest BCUT2D eigenvalue weighted by Gasteiger charge is 2.24. The van der Waals surface area contributed by atoms with Crippen LogP contribution in [-0.2, 0) is 22.4 Å². The van der Waals surface area contributed by atoms with E-state index in [2.05, 4.69) is 299 Å². The second kappa shape index (κ2) is 80.9. The highest BCUT2D eigenvalue weighted by Crippen LogP contribution is 2.36. The van der Waals surface area contributed by atoms with E-state index in [1.54, 1.807) is 6.20 Å². The summed E-state index contributed by atoms with van der Waals surface area (Å²) < 4.78 is 0. The van der Waals surface area contributed by atoms with Crippen LogP contribution in [0.1, 0.15) is 436 Å². The van der Waals surface area contributed by atoms with E-state index in [0.29, 0.717) is 24.7 Å². The number of carbonyl (C=O) groups is 2. The molecule has 4 aromatic rings. The first kappa shape index (κ1) is 119. The van der Waals surface area contributed by atoms with Gasteiger partial charge in [-0.05, 0) is 199 Å². The van der Waals surface area contributed by atoms with Crippen LogP contribution in [0.4, 0.5) is 0 Å². The van der Waals surface area contributed by atoms with Gasteiger partial charge in [-0.2, -0.15) is 0 Å². The fourth-order valence-electron chi connectivity index (χ4n) is 12.2. The number of hydrogen-bond donors (Lipinski definition) is 0. The molecule has 0 bridgehead atoms. The minimum Gasteiger partial charge on any atom is -0.300 e. The zero-order valence-corrected chi connectivity index (χ0v) is 82.3.